The standard InChI is InChI=1S/C22H23F2N3O5S/c1-14(2)20-21(33(29,30)32-18-11-16(23)10-17(24)12-18)27(13-15-6-4-3-5-7-15)19(26-20)8-9-31-22(25)28/h3-7,10-12,14H,8-9,13H2,1-2H3,(H2,25,28). The number of halogens is 2. The molecule has 1 heterocycles. The van der Waals surface area contributed by atoms with Crippen molar-refractivity contribution in [1.29, 1.82) is 0 Å². The zero-order valence-electron chi connectivity index (χ0n) is 18.0. The van der Waals surface area contributed by atoms with Gasteiger partial charge in [-0.2, -0.15) is 8.42 Å². The second kappa shape index (κ2) is 9.99. The molecule has 0 aliphatic heterocycles. The maximum atomic E-state index is 13.6. The average Bonchev–Trinajstić information content (AvgIpc) is 3.07. The minimum Gasteiger partial charge on any atom is -0.449 e. The third-order valence-electron chi connectivity index (χ3n) is 4.60. The number of nitrogens with two attached hydrogens (primary N) is 1. The summed E-state index contributed by atoms with van der Waals surface area (Å²) in [7, 11) is -4.56. The van der Waals surface area contributed by atoms with E-state index in [1.165, 1.54) is 4.57 Å². The Morgan fingerprint density at radius 3 is 2.33 bits per heavy atom. The molecule has 0 aliphatic rings. The molecule has 1 aromatic heterocycles. The van der Waals surface area contributed by atoms with Gasteiger partial charge in [-0.05, 0) is 11.5 Å². The van der Waals surface area contributed by atoms with Crippen LogP contribution in [0.1, 0.15) is 36.8 Å². The summed E-state index contributed by atoms with van der Waals surface area (Å²) in [5, 5.41) is -0.250. The number of hydrogen-bond acceptors (Lipinski definition) is 6. The smallest absolute Gasteiger partial charge is 0.404 e. The molecule has 3 rings (SSSR count). The molecule has 176 valence electrons. The van der Waals surface area contributed by atoms with Gasteiger partial charge in [-0.1, -0.05) is 44.2 Å². The number of amides is 1. The Balaban J connectivity index is 2.11. The lowest BCUT2D eigenvalue weighted by molar-refractivity contribution is 0.157. The van der Waals surface area contributed by atoms with Crippen molar-refractivity contribution in [3.63, 3.8) is 0 Å². The van der Waals surface area contributed by atoms with Gasteiger partial charge in [0.05, 0.1) is 12.2 Å². The number of imidazole rings is 1. The molecule has 33 heavy (non-hydrogen) atoms. The number of aromatic nitrogens is 2. The fourth-order valence-corrected chi connectivity index (χ4v) is 4.65. The largest absolute Gasteiger partial charge is 0.449 e. The van der Waals surface area contributed by atoms with Crippen LogP contribution in [0.25, 0.3) is 0 Å². The van der Waals surface area contributed by atoms with E-state index in [2.05, 4.69) is 4.98 Å². The second-order valence-electron chi connectivity index (χ2n) is 7.50. The van der Waals surface area contributed by atoms with E-state index in [1.54, 1.807) is 38.1 Å². The quantitative estimate of drug-likeness (QED) is 0.468. The first-order valence-electron chi connectivity index (χ1n) is 10.0. The van der Waals surface area contributed by atoms with Crippen LogP contribution in [0.15, 0.2) is 53.6 Å². The Hall–Kier alpha value is -3.47. The van der Waals surface area contributed by atoms with E-state index in [0.717, 1.165) is 17.7 Å². The van der Waals surface area contributed by atoms with Crippen LogP contribution in [0.2, 0.25) is 0 Å². The fraction of sp³-hybridized carbons (Fsp3) is 0.273. The summed E-state index contributed by atoms with van der Waals surface area (Å²) in [6.07, 6.45) is -0.885. The predicted octanol–water partition coefficient (Wildman–Crippen LogP) is 3.74. The molecular weight excluding hydrogens is 456 g/mol. The van der Waals surface area contributed by atoms with Gasteiger partial charge in [-0.15, -0.1) is 0 Å². The molecule has 0 saturated heterocycles. The highest BCUT2D eigenvalue weighted by atomic mass is 32.2. The normalized spacial score (nSPS) is 11.5. The minimum absolute atomic E-state index is 0.0829. The van der Waals surface area contributed by atoms with Crippen molar-refractivity contribution in [2.24, 2.45) is 5.73 Å². The molecule has 0 bridgehead atoms. The Bertz CT molecular complexity index is 1220. The Morgan fingerprint density at radius 1 is 1.12 bits per heavy atom. The molecule has 0 saturated carbocycles. The fourth-order valence-electron chi connectivity index (χ4n) is 3.25. The Morgan fingerprint density at radius 2 is 1.76 bits per heavy atom. The number of rotatable bonds is 9. The number of carbonyl (C=O) groups excluding carboxylic acids is 1. The number of hydrogen-bond donors (Lipinski definition) is 1. The molecule has 0 fully saturated rings. The van der Waals surface area contributed by atoms with Gasteiger partial charge >= 0.3 is 16.2 Å². The highest BCUT2D eigenvalue weighted by molar-refractivity contribution is 7.87. The van der Waals surface area contributed by atoms with Gasteiger partial charge in [0, 0.05) is 24.6 Å². The van der Waals surface area contributed by atoms with Crippen molar-refractivity contribution in [2.75, 3.05) is 6.61 Å². The molecule has 0 spiro atoms. The SMILES string of the molecule is CC(C)c1nc(CCOC(N)=O)n(Cc2ccccc2)c1S(=O)(=O)Oc1cc(F)cc(F)c1. The Labute approximate surface area is 190 Å². The summed E-state index contributed by atoms with van der Waals surface area (Å²) in [5.41, 5.74) is 5.99. The van der Waals surface area contributed by atoms with Gasteiger partial charge in [0.25, 0.3) is 0 Å². The first kappa shape index (κ1) is 24.2. The molecule has 0 unspecified atom stereocenters. The van der Waals surface area contributed by atoms with Crippen molar-refractivity contribution < 1.29 is 30.9 Å². The van der Waals surface area contributed by atoms with Crippen molar-refractivity contribution >= 4 is 16.2 Å². The van der Waals surface area contributed by atoms with Gasteiger partial charge in [-0.25, -0.2) is 18.6 Å². The summed E-state index contributed by atoms with van der Waals surface area (Å²) in [5.74, 6) is -2.49. The van der Waals surface area contributed by atoms with Crippen LogP contribution >= 0.6 is 0 Å². The van der Waals surface area contributed by atoms with E-state index in [-0.39, 0.29) is 36.2 Å². The molecule has 0 radical (unpaired) electrons. The third-order valence-corrected chi connectivity index (χ3v) is 5.92. The summed E-state index contributed by atoms with van der Waals surface area (Å²) < 4.78 is 65.2. The van der Waals surface area contributed by atoms with Crippen LogP contribution in [-0.4, -0.2) is 30.7 Å². The molecule has 11 heteroatoms. The highest BCUT2D eigenvalue weighted by Crippen LogP contribution is 2.29. The van der Waals surface area contributed by atoms with Gasteiger partial charge in [0.15, 0.2) is 5.03 Å². The zero-order chi connectivity index (χ0) is 24.2. The average molecular weight is 480 g/mol. The van der Waals surface area contributed by atoms with Crippen LogP contribution < -0.4 is 9.92 Å². The van der Waals surface area contributed by atoms with E-state index in [0.29, 0.717) is 11.9 Å². The molecular formula is C22H23F2N3O5S. The minimum atomic E-state index is -4.56. The lowest BCUT2D eigenvalue weighted by Gasteiger charge is -2.15. The van der Waals surface area contributed by atoms with Crippen LogP contribution in [-0.2, 0) is 27.8 Å². The van der Waals surface area contributed by atoms with Gasteiger partial charge < -0.3 is 19.2 Å². The lowest BCUT2D eigenvalue weighted by atomic mass is 10.1. The molecule has 1 amide bonds. The molecule has 8 nitrogen and oxygen atoms in total. The van der Waals surface area contributed by atoms with E-state index >= 15 is 0 Å². The number of primary amides is 1. The monoisotopic (exact) mass is 479 g/mol. The lowest BCUT2D eigenvalue weighted by Crippen LogP contribution is -2.20. The number of ether oxygens (including phenoxy) is 1. The van der Waals surface area contributed by atoms with Crippen LogP contribution in [0, 0.1) is 11.6 Å². The van der Waals surface area contributed by atoms with Gasteiger partial charge in [0.2, 0.25) is 0 Å². The molecule has 3 aromatic rings. The predicted molar refractivity (Wildman–Crippen MR) is 115 cm³/mol. The van der Waals surface area contributed by atoms with Crippen molar-refractivity contribution in [2.45, 2.75) is 37.8 Å². The van der Waals surface area contributed by atoms with E-state index < -0.39 is 33.6 Å². The molecule has 2 N–H and O–H groups in total. The van der Waals surface area contributed by atoms with Gasteiger partial charge in [-0.3, -0.25) is 0 Å². The van der Waals surface area contributed by atoms with Gasteiger partial charge in [0.1, 0.15) is 29.8 Å². The summed E-state index contributed by atoms with van der Waals surface area (Å²) in [6, 6.07) is 11.2. The summed E-state index contributed by atoms with van der Waals surface area (Å²) >= 11 is 0. The first-order valence-corrected chi connectivity index (χ1v) is 11.4. The maximum Gasteiger partial charge on any atom is 0.404 e. The third kappa shape index (κ3) is 6.07. The van der Waals surface area contributed by atoms with Crippen LogP contribution in [0.5, 0.6) is 5.75 Å². The van der Waals surface area contributed by atoms with E-state index in [4.69, 9.17) is 14.7 Å². The number of benzene rings is 2. The van der Waals surface area contributed by atoms with Crippen molar-refractivity contribution in [1.82, 2.24) is 9.55 Å². The molecule has 0 aliphatic carbocycles. The highest BCUT2D eigenvalue weighted by Gasteiger charge is 2.31. The van der Waals surface area contributed by atoms with E-state index in [9.17, 15) is 22.0 Å². The van der Waals surface area contributed by atoms with Crippen molar-refractivity contribution in [3.05, 3.63) is 77.2 Å². The number of carbonyl (C=O) groups is 1. The Kier molecular flexibility index (Phi) is 7.32. The topological polar surface area (TPSA) is 114 Å². The van der Waals surface area contributed by atoms with Crippen LogP contribution in [0.4, 0.5) is 13.6 Å². The van der Waals surface area contributed by atoms with Crippen LogP contribution in [0.3, 0.4) is 0 Å². The van der Waals surface area contributed by atoms with Crippen molar-refractivity contribution in [3.8, 4) is 5.75 Å². The number of nitrogens with zero attached hydrogens (tertiary/aromatic N) is 2. The summed E-state index contributed by atoms with van der Waals surface area (Å²) in [4.78, 5) is 15.4. The maximum absolute atomic E-state index is 13.6. The van der Waals surface area contributed by atoms with E-state index in [1.807, 2.05) is 6.07 Å². The molecule has 2 aromatic carbocycles. The molecule has 0 atom stereocenters. The summed E-state index contributed by atoms with van der Waals surface area (Å²) in [6.45, 7) is 3.50. The zero-order valence-corrected chi connectivity index (χ0v) is 18.8. The first-order chi connectivity index (χ1) is 15.6. The second-order valence-corrected chi connectivity index (χ2v) is 8.97.